The first-order valence-corrected chi connectivity index (χ1v) is 13.4. The van der Waals surface area contributed by atoms with Crippen LogP contribution in [0.25, 0.3) is 39.1 Å². The van der Waals surface area contributed by atoms with Crippen LogP contribution < -0.4 is 10.6 Å². The molecule has 2 N–H and O–H groups in total. The lowest BCUT2D eigenvalue weighted by atomic mass is 10.0. The van der Waals surface area contributed by atoms with E-state index >= 15 is 0 Å². The zero-order chi connectivity index (χ0) is 28.7. The Morgan fingerprint density at radius 1 is 1.00 bits per heavy atom. The standard InChI is InChI=1S/C30H30F2N8O/c1-18-13-39(14-19(2)36-18)16-29(41)37-24-6-20(26-5-4-23(31)9-27(26)32)7-25(10-24)40-17-34-28-8-21(11-33-30(28)40)22-12-35-38(3)15-22/h4-12,15,17-19,36H,13-14,16H2,1-3H3,(H,37,41). The van der Waals surface area contributed by atoms with Crippen LogP contribution in [-0.4, -0.2) is 66.8 Å². The summed E-state index contributed by atoms with van der Waals surface area (Å²) < 4.78 is 32.1. The lowest BCUT2D eigenvalue weighted by molar-refractivity contribution is -0.117. The minimum atomic E-state index is -0.696. The molecular weight excluding hydrogens is 526 g/mol. The summed E-state index contributed by atoms with van der Waals surface area (Å²) in [4.78, 5) is 24.4. The average Bonchev–Trinajstić information content (AvgIpc) is 3.53. The Morgan fingerprint density at radius 2 is 1.80 bits per heavy atom. The van der Waals surface area contributed by atoms with E-state index in [0.29, 0.717) is 28.1 Å². The van der Waals surface area contributed by atoms with Crippen LogP contribution in [0.4, 0.5) is 14.5 Å². The molecule has 210 valence electrons. The fourth-order valence-corrected chi connectivity index (χ4v) is 5.49. The molecule has 0 aliphatic carbocycles. The third-order valence-electron chi connectivity index (χ3n) is 7.15. The number of nitrogens with one attached hydrogen (secondary N) is 2. The van der Waals surface area contributed by atoms with E-state index in [-0.39, 0.29) is 30.1 Å². The van der Waals surface area contributed by atoms with Gasteiger partial charge < -0.3 is 10.6 Å². The molecule has 1 aliphatic rings. The highest BCUT2D eigenvalue weighted by Gasteiger charge is 2.23. The van der Waals surface area contributed by atoms with Gasteiger partial charge in [-0.2, -0.15) is 5.10 Å². The minimum absolute atomic E-state index is 0.177. The first kappa shape index (κ1) is 26.7. The van der Waals surface area contributed by atoms with Gasteiger partial charge in [0, 0.05) is 73.1 Å². The van der Waals surface area contributed by atoms with Crippen molar-refractivity contribution in [1.82, 2.24) is 34.5 Å². The Hall–Kier alpha value is -4.48. The number of benzene rings is 2. The third-order valence-corrected chi connectivity index (χ3v) is 7.15. The molecule has 9 nitrogen and oxygen atoms in total. The van der Waals surface area contributed by atoms with Crippen LogP contribution in [-0.2, 0) is 11.8 Å². The van der Waals surface area contributed by atoms with E-state index in [4.69, 9.17) is 0 Å². The molecule has 1 amide bonds. The van der Waals surface area contributed by atoms with Gasteiger partial charge in [-0.1, -0.05) is 0 Å². The summed E-state index contributed by atoms with van der Waals surface area (Å²) in [6.07, 6.45) is 7.05. The van der Waals surface area contributed by atoms with Crippen molar-refractivity contribution in [3.8, 4) is 27.9 Å². The zero-order valence-corrected chi connectivity index (χ0v) is 23.0. The zero-order valence-electron chi connectivity index (χ0n) is 23.0. The van der Waals surface area contributed by atoms with Gasteiger partial charge in [0.25, 0.3) is 0 Å². The predicted molar refractivity (Wildman–Crippen MR) is 154 cm³/mol. The number of nitrogens with zero attached hydrogens (tertiary/aromatic N) is 6. The lowest BCUT2D eigenvalue weighted by Crippen LogP contribution is -2.55. The SMILES string of the molecule is CC1CN(CC(=O)Nc2cc(-c3ccc(F)cc3F)cc(-n3cnc4cc(-c5cnn(C)c5)cnc43)c2)CC(C)N1. The number of halogens is 2. The van der Waals surface area contributed by atoms with Gasteiger partial charge >= 0.3 is 0 Å². The maximum Gasteiger partial charge on any atom is 0.238 e. The molecule has 11 heteroatoms. The molecule has 0 bridgehead atoms. The van der Waals surface area contributed by atoms with Gasteiger partial charge in [0.05, 0.1) is 18.4 Å². The highest BCUT2D eigenvalue weighted by molar-refractivity contribution is 5.93. The number of hydrogen-bond acceptors (Lipinski definition) is 6. The number of carbonyl (C=O) groups excluding carboxylic acids is 1. The van der Waals surface area contributed by atoms with Gasteiger partial charge in [-0.15, -0.1) is 0 Å². The molecule has 1 fully saturated rings. The van der Waals surface area contributed by atoms with E-state index in [1.54, 1.807) is 46.2 Å². The fraction of sp³-hybridized carbons (Fsp3) is 0.267. The summed E-state index contributed by atoms with van der Waals surface area (Å²) in [5.74, 6) is -1.54. The van der Waals surface area contributed by atoms with Crippen molar-refractivity contribution in [3.05, 3.63) is 79.0 Å². The molecule has 4 heterocycles. The minimum Gasteiger partial charge on any atom is -0.325 e. The van der Waals surface area contributed by atoms with E-state index in [2.05, 4.69) is 44.4 Å². The van der Waals surface area contributed by atoms with Crippen LogP contribution in [0.3, 0.4) is 0 Å². The quantitative estimate of drug-likeness (QED) is 0.322. The third kappa shape index (κ3) is 5.72. The molecule has 1 saturated heterocycles. The van der Waals surface area contributed by atoms with Crippen LogP contribution >= 0.6 is 0 Å². The highest BCUT2D eigenvalue weighted by Crippen LogP contribution is 2.31. The number of piperazine rings is 1. The van der Waals surface area contributed by atoms with E-state index in [0.717, 1.165) is 30.3 Å². The second-order valence-electron chi connectivity index (χ2n) is 10.7. The lowest BCUT2D eigenvalue weighted by Gasteiger charge is -2.35. The summed E-state index contributed by atoms with van der Waals surface area (Å²) in [5.41, 5.74) is 4.85. The molecule has 0 saturated carbocycles. The number of carbonyl (C=O) groups is 1. The highest BCUT2D eigenvalue weighted by atomic mass is 19.1. The second-order valence-corrected chi connectivity index (χ2v) is 10.7. The van der Waals surface area contributed by atoms with Crippen molar-refractivity contribution in [2.24, 2.45) is 7.05 Å². The summed E-state index contributed by atoms with van der Waals surface area (Å²) in [6.45, 7) is 5.94. The van der Waals surface area contributed by atoms with Crippen molar-refractivity contribution in [3.63, 3.8) is 0 Å². The van der Waals surface area contributed by atoms with Gasteiger partial charge in [-0.05, 0) is 55.8 Å². The monoisotopic (exact) mass is 556 g/mol. The van der Waals surface area contributed by atoms with Crippen molar-refractivity contribution < 1.29 is 13.6 Å². The van der Waals surface area contributed by atoms with Gasteiger partial charge in [-0.25, -0.2) is 18.7 Å². The first-order chi connectivity index (χ1) is 19.7. The molecule has 0 spiro atoms. The molecule has 2 unspecified atom stereocenters. The Balaban J connectivity index is 1.36. The number of hydrogen-bond donors (Lipinski definition) is 2. The number of aryl methyl sites for hydroxylation is 1. The Kier molecular flexibility index (Phi) is 7.06. The van der Waals surface area contributed by atoms with Gasteiger partial charge in [0.15, 0.2) is 5.65 Å². The maximum atomic E-state index is 14.9. The first-order valence-electron chi connectivity index (χ1n) is 13.4. The fourth-order valence-electron chi connectivity index (χ4n) is 5.49. The maximum absolute atomic E-state index is 14.9. The topological polar surface area (TPSA) is 92.9 Å². The average molecular weight is 557 g/mol. The number of imidazole rings is 1. The normalized spacial score (nSPS) is 17.7. The summed E-state index contributed by atoms with van der Waals surface area (Å²) in [6, 6.07) is 11.2. The largest absolute Gasteiger partial charge is 0.325 e. The molecule has 2 aromatic carbocycles. The van der Waals surface area contributed by atoms with E-state index in [1.807, 2.05) is 19.3 Å². The Bertz CT molecular complexity index is 1740. The summed E-state index contributed by atoms with van der Waals surface area (Å²) in [5, 5.41) is 10.7. The molecule has 5 aromatic rings. The van der Waals surface area contributed by atoms with Gasteiger partial charge in [0.1, 0.15) is 23.5 Å². The summed E-state index contributed by atoms with van der Waals surface area (Å²) >= 11 is 0. The van der Waals surface area contributed by atoms with Crippen molar-refractivity contribution in [2.45, 2.75) is 25.9 Å². The molecule has 3 aromatic heterocycles. The second kappa shape index (κ2) is 10.8. The van der Waals surface area contributed by atoms with Crippen LogP contribution in [0.2, 0.25) is 0 Å². The Morgan fingerprint density at radius 3 is 2.54 bits per heavy atom. The van der Waals surface area contributed by atoms with Crippen LogP contribution in [0.1, 0.15) is 13.8 Å². The molecular formula is C30H30F2N8O. The number of amides is 1. The van der Waals surface area contributed by atoms with Gasteiger partial charge in [-0.3, -0.25) is 18.9 Å². The van der Waals surface area contributed by atoms with E-state index in [9.17, 15) is 13.6 Å². The van der Waals surface area contributed by atoms with Crippen LogP contribution in [0, 0.1) is 11.6 Å². The molecule has 1 aliphatic heterocycles. The molecule has 2 atom stereocenters. The van der Waals surface area contributed by atoms with E-state index in [1.165, 1.54) is 12.1 Å². The number of anilines is 1. The number of rotatable bonds is 6. The molecule has 6 rings (SSSR count). The van der Waals surface area contributed by atoms with E-state index < -0.39 is 11.6 Å². The van der Waals surface area contributed by atoms with Crippen LogP contribution in [0.5, 0.6) is 0 Å². The summed E-state index contributed by atoms with van der Waals surface area (Å²) in [7, 11) is 1.85. The smallest absolute Gasteiger partial charge is 0.238 e. The number of fused-ring (bicyclic) bond motifs is 1. The molecule has 0 radical (unpaired) electrons. The number of aromatic nitrogens is 5. The number of pyridine rings is 1. The Labute approximate surface area is 235 Å². The van der Waals surface area contributed by atoms with Crippen molar-refractivity contribution in [2.75, 3.05) is 25.0 Å². The van der Waals surface area contributed by atoms with Crippen molar-refractivity contribution >= 4 is 22.8 Å². The van der Waals surface area contributed by atoms with Gasteiger partial charge in [0.2, 0.25) is 5.91 Å². The molecule has 41 heavy (non-hydrogen) atoms. The van der Waals surface area contributed by atoms with Crippen molar-refractivity contribution in [1.29, 1.82) is 0 Å². The predicted octanol–water partition coefficient (Wildman–Crippen LogP) is 4.39. The van der Waals surface area contributed by atoms with Crippen LogP contribution in [0.15, 0.2) is 67.4 Å².